The van der Waals surface area contributed by atoms with Crippen molar-refractivity contribution < 1.29 is 19.1 Å². The van der Waals surface area contributed by atoms with Gasteiger partial charge in [-0.3, -0.25) is 4.79 Å². The zero-order chi connectivity index (χ0) is 16.4. The van der Waals surface area contributed by atoms with E-state index in [0.717, 1.165) is 5.56 Å². The molecule has 1 heterocycles. The lowest BCUT2D eigenvalue weighted by molar-refractivity contribution is -0.307. The molecule has 5 nitrogen and oxygen atoms in total. The highest BCUT2D eigenvalue weighted by Crippen LogP contribution is 2.30. The lowest BCUT2D eigenvalue weighted by Crippen LogP contribution is -2.30. The van der Waals surface area contributed by atoms with Gasteiger partial charge in [0.15, 0.2) is 5.76 Å². The normalized spacial score (nSPS) is 10.7. The third-order valence-electron chi connectivity index (χ3n) is 3.38. The highest BCUT2D eigenvalue weighted by Gasteiger charge is 2.17. The van der Waals surface area contributed by atoms with Crippen molar-refractivity contribution in [2.45, 2.75) is 6.92 Å². The van der Waals surface area contributed by atoms with Gasteiger partial charge in [-0.05, 0) is 24.6 Å². The van der Waals surface area contributed by atoms with E-state index in [4.69, 9.17) is 9.15 Å². The Morgan fingerprint density at radius 1 is 1.17 bits per heavy atom. The van der Waals surface area contributed by atoms with Gasteiger partial charge in [0.1, 0.15) is 12.2 Å². The molecule has 0 atom stereocenters. The van der Waals surface area contributed by atoms with E-state index < -0.39 is 18.0 Å². The van der Waals surface area contributed by atoms with Gasteiger partial charge in [-0.1, -0.05) is 36.4 Å². The molecule has 0 fully saturated rings. The molecule has 0 saturated heterocycles. The zero-order valence-corrected chi connectivity index (χ0v) is 12.4. The van der Waals surface area contributed by atoms with Crippen LogP contribution in [-0.4, -0.2) is 12.6 Å². The smallest absolute Gasteiger partial charge is 0.235 e. The lowest BCUT2D eigenvalue weighted by atomic mass is 10.1. The third-order valence-corrected chi connectivity index (χ3v) is 3.38. The van der Waals surface area contributed by atoms with Crippen molar-refractivity contribution >= 4 is 16.9 Å². The quantitative estimate of drug-likeness (QED) is 0.735. The van der Waals surface area contributed by atoms with Crippen LogP contribution in [0.25, 0.3) is 22.3 Å². The zero-order valence-electron chi connectivity index (χ0n) is 12.4. The Morgan fingerprint density at radius 2 is 1.91 bits per heavy atom. The number of carboxylic acids is 1. The number of carbonyl (C=O) groups is 1. The first-order valence-corrected chi connectivity index (χ1v) is 7.02. The van der Waals surface area contributed by atoms with Crippen LogP contribution >= 0.6 is 0 Å². The van der Waals surface area contributed by atoms with Crippen molar-refractivity contribution in [1.29, 1.82) is 0 Å². The van der Waals surface area contributed by atoms with Crippen molar-refractivity contribution in [3.05, 3.63) is 64.3 Å². The highest BCUT2D eigenvalue weighted by molar-refractivity contribution is 5.82. The SMILES string of the molecule is Cc1ccc2c(=O)c(OCC(=O)[O-])c(-c3ccccc3)oc2c1. The first kappa shape index (κ1) is 14.8. The summed E-state index contributed by atoms with van der Waals surface area (Å²) < 4.78 is 11.0. The number of aliphatic carboxylic acids is 1. The Bertz CT molecular complexity index is 925. The first-order chi connectivity index (χ1) is 11.1. The fourth-order valence-electron chi connectivity index (χ4n) is 2.33. The Morgan fingerprint density at radius 3 is 2.61 bits per heavy atom. The van der Waals surface area contributed by atoms with Crippen molar-refractivity contribution in [2.24, 2.45) is 0 Å². The van der Waals surface area contributed by atoms with Crippen LogP contribution in [0, 0.1) is 6.92 Å². The maximum absolute atomic E-state index is 12.6. The molecule has 3 rings (SSSR count). The number of benzene rings is 2. The molecular formula is C18H13O5-. The van der Waals surface area contributed by atoms with Gasteiger partial charge in [-0.2, -0.15) is 0 Å². The second-order valence-corrected chi connectivity index (χ2v) is 5.12. The van der Waals surface area contributed by atoms with Crippen LogP contribution < -0.4 is 15.3 Å². The first-order valence-electron chi connectivity index (χ1n) is 7.02. The largest absolute Gasteiger partial charge is 0.546 e. The molecule has 1 aromatic heterocycles. The summed E-state index contributed by atoms with van der Waals surface area (Å²) in [7, 11) is 0. The molecule has 0 amide bonds. The van der Waals surface area contributed by atoms with Crippen molar-refractivity contribution in [3.63, 3.8) is 0 Å². The molecule has 2 aromatic carbocycles. The van der Waals surface area contributed by atoms with Crippen LogP contribution in [0.2, 0.25) is 0 Å². The molecule has 5 heteroatoms. The Labute approximate surface area is 131 Å². The average Bonchev–Trinajstić information content (AvgIpc) is 2.54. The minimum absolute atomic E-state index is 0.128. The van der Waals surface area contributed by atoms with E-state index in [1.165, 1.54) is 0 Å². The molecule has 0 aliphatic heterocycles. The van der Waals surface area contributed by atoms with Gasteiger partial charge >= 0.3 is 0 Å². The molecule has 0 unspecified atom stereocenters. The second-order valence-electron chi connectivity index (χ2n) is 5.12. The Hall–Kier alpha value is -3.08. The molecule has 0 aliphatic rings. The number of carboxylic acid groups (broad SMARTS) is 1. The average molecular weight is 309 g/mol. The summed E-state index contributed by atoms with van der Waals surface area (Å²) in [4.78, 5) is 23.3. The second kappa shape index (κ2) is 5.96. The summed E-state index contributed by atoms with van der Waals surface area (Å²) in [6, 6.07) is 14.1. The van der Waals surface area contributed by atoms with Crippen LogP contribution in [0.5, 0.6) is 5.75 Å². The van der Waals surface area contributed by atoms with Gasteiger partial charge in [0.25, 0.3) is 0 Å². The van der Waals surface area contributed by atoms with Crippen molar-refractivity contribution in [1.82, 2.24) is 0 Å². The number of hydrogen-bond acceptors (Lipinski definition) is 5. The maximum atomic E-state index is 12.6. The van der Waals surface area contributed by atoms with E-state index in [0.29, 0.717) is 16.5 Å². The molecule has 0 N–H and O–H groups in total. The topological polar surface area (TPSA) is 79.6 Å². The van der Waals surface area contributed by atoms with Gasteiger partial charge in [-0.25, -0.2) is 0 Å². The molecule has 0 spiro atoms. The molecule has 0 aliphatic carbocycles. The standard InChI is InChI=1S/C18H14O5/c1-11-7-8-13-14(9-11)23-17(12-5-3-2-4-6-12)18(16(13)21)22-10-15(19)20/h2-9H,10H2,1H3,(H,19,20)/p-1. The van der Waals surface area contributed by atoms with Crippen molar-refractivity contribution in [3.8, 4) is 17.1 Å². The van der Waals surface area contributed by atoms with Gasteiger partial charge in [0.05, 0.1) is 11.4 Å². The number of aryl methyl sites for hydroxylation is 1. The van der Waals surface area contributed by atoms with Gasteiger partial charge in [-0.15, -0.1) is 0 Å². The van der Waals surface area contributed by atoms with E-state index >= 15 is 0 Å². The summed E-state index contributed by atoms with van der Waals surface area (Å²) in [5.41, 5.74) is 1.59. The van der Waals surface area contributed by atoms with E-state index in [1.54, 1.807) is 42.5 Å². The summed E-state index contributed by atoms with van der Waals surface area (Å²) in [6.45, 7) is 1.17. The fraction of sp³-hybridized carbons (Fsp3) is 0.111. The number of rotatable bonds is 4. The van der Waals surface area contributed by atoms with Gasteiger partial charge in [0, 0.05) is 5.56 Å². The van der Waals surface area contributed by atoms with E-state index in [2.05, 4.69) is 0 Å². The maximum Gasteiger partial charge on any atom is 0.235 e. The minimum atomic E-state index is -1.41. The molecular weight excluding hydrogens is 296 g/mol. The summed E-state index contributed by atoms with van der Waals surface area (Å²) in [5.74, 6) is -1.33. The Kier molecular flexibility index (Phi) is 3.85. The molecule has 0 bridgehead atoms. The van der Waals surface area contributed by atoms with Crippen molar-refractivity contribution in [2.75, 3.05) is 6.61 Å². The predicted octanol–water partition coefficient (Wildman–Crippen LogP) is 1.90. The predicted molar refractivity (Wildman–Crippen MR) is 83.2 cm³/mol. The summed E-state index contributed by atoms with van der Waals surface area (Å²) in [6.07, 6.45) is 0. The molecule has 0 saturated carbocycles. The monoisotopic (exact) mass is 309 g/mol. The van der Waals surface area contributed by atoms with Gasteiger partial charge < -0.3 is 19.1 Å². The summed E-state index contributed by atoms with van der Waals surface area (Å²) >= 11 is 0. The highest BCUT2D eigenvalue weighted by atomic mass is 16.5. The van der Waals surface area contributed by atoms with Gasteiger partial charge in [0.2, 0.25) is 11.2 Å². The van der Waals surface area contributed by atoms with E-state index in [1.807, 2.05) is 13.0 Å². The van der Waals surface area contributed by atoms with Crippen LogP contribution in [-0.2, 0) is 4.79 Å². The minimum Gasteiger partial charge on any atom is -0.546 e. The summed E-state index contributed by atoms with van der Waals surface area (Å²) in [5, 5.41) is 11.0. The molecule has 3 aromatic rings. The fourth-order valence-corrected chi connectivity index (χ4v) is 2.33. The van der Waals surface area contributed by atoms with Crippen LogP contribution in [0.1, 0.15) is 5.56 Å². The van der Waals surface area contributed by atoms with Crippen LogP contribution in [0.4, 0.5) is 0 Å². The Balaban J connectivity index is 2.28. The number of fused-ring (bicyclic) bond motifs is 1. The number of carbonyl (C=O) groups excluding carboxylic acids is 1. The van der Waals surface area contributed by atoms with Crippen LogP contribution in [0.3, 0.4) is 0 Å². The molecule has 23 heavy (non-hydrogen) atoms. The lowest BCUT2D eigenvalue weighted by Gasteiger charge is -2.12. The molecule has 116 valence electrons. The van der Waals surface area contributed by atoms with E-state index in [9.17, 15) is 14.7 Å². The van der Waals surface area contributed by atoms with E-state index in [-0.39, 0.29) is 11.5 Å². The number of hydrogen-bond donors (Lipinski definition) is 0. The molecule has 0 radical (unpaired) electrons. The third kappa shape index (κ3) is 2.94. The number of ether oxygens (including phenoxy) is 1. The van der Waals surface area contributed by atoms with Crippen LogP contribution in [0.15, 0.2) is 57.7 Å².